The molecule has 0 aliphatic heterocycles. The molecule has 0 heterocycles. The van der Waals surface area contributed by atoms with Gasteiger partial charge in [-0.15, -0.1) is 0 Å². The molecule has 2 aromatic rings. The molecule has 0 radical (unpaired) electrons. The van der Waals surface area contributed by atoms with Crippen molar-refractivity contribution in [1.82, 2.24) is 0 Å². The Hall–Kier alpha value is -1.84. The van der Waals surface area contributed by atoms with E-state index in [2.05, 4.69) is 13.8 Å². The minimum absolute atomic E-state index is 0.578. The lowest BCUT2D eigenvalue weighted by atomic mass is 10.00. The molecule has 1 atom stereocenters. The zero-order valence-electron chi connectivity index (χ0n) is 14.7. The third-order valence-electron chi connectivity index (χ3n) is 3.82. The summed E-state index contributed by atoms with van der Waals surface area (Å²) in [5.74, 6) is 0.808. The average molecular weight is 328 g/mol. The second-order valence-electron chi connectivity index (χ2n) is 5.97. The molecule has 0 aromatic heterocycles. The fourth-order valence-corrected chi connectivity index (χ4v) is 2.49. The van der Waals surface area contributed by atoms with Crippen molar-refractivity contribution in [3.8, 4) is 5.75 Å². The molecule has 0 fully saturated rings. The van der Waals surface area contributed by atoms with E-state index in [0.717, 1.165) is 48.3 Å². The predicted octanol–water partition coefficient (Wildman–Crippen LogP) is 4.87. The molecule has 0 bridgehead atoms. The summed E-state index contributed by atoms with van der Waals surface area (Å²) in [4.78, 5) is 0. The first-order chi connectivity index (χ1) is 11.7. The minimum Gasteiger partial charge on any atom is -0.494 e. The van der Waals surface area contributed by atoms with E-state index in [9.17, 15) is 5.11 Å². The molecule has 0 saturated heterocycles. The zero-order chi connectivity index (χ0) is 17.2. The Bertz CT molecular complexity index is 556. The van der Waals surface area contributed by atoms with Gasteiger partial charge in [-0.1, -0.05) is 56.7 Å². The van der Waals surface area contributed by atoms with Gasteiger partial charge in [-0.25, -0.2) is 0 Å². The van der Waals surface area contributed by atoms with Crippen molar-refractivity contribution in [2.24, 2.45) is 0 Å². The number of ether oxygens (including phenoxy) is 2. The van der Waals surface area contributed by atoms with E-state index in [1.807, 2.05) is 48.5 Å². The van der Waals surface area contributed by atoms with E-state index in [-0.39, 0.29) is 0 Å². The molecular formula is C21H28O3. The van der Waals surface area contributed by atoms with E-state index in [0.29, 0.717) is 13.2 Å². The molecule has 24 heavy (non-hydrogen) atoms. The first kappa shape index (κ1) is 18.5. The van der Waals surface area contributed by atoms with Gasteiger partial charge in [0.15, 0.2) is 0 Å². The highest BCUT2D eigenvalue weighted by Gasteiger charge is 2.12. The van der Waals surface area contributed by atoms with Gasteiger partial charge in [0.05, 0.1) is 13.2 Å². The Balaban J connectivity index is 2.06. The van der Waals surface area contributed by atoms with Crippen molar-refractivity contribution < 1.29 is 14.6 Å². The molecular weight excluding hydrogens is 300 g/mol. The molecule has 2 rings (SSSR count). The smallest absolute Gasteiger partial charge is 0.119 e. The lowest BCUT2D eigenvalue weighted by Gasteiger charge is -2.14. The number of hydrogen-bond donors (Lipinski definition) is 1. The molecule has 1 unspecified atom stereocenters. The van der Waals surface area contributed by atoms with Crippen molar-refractivity contribution in [3.63, 3.8) is 0 Å². The lowest BCUT2D eigenvalue weighted by Crippen LogP contribution is -2.03. The van der Waals surface area contributed by atoms with Crippen LogP contribution in [0, 0.1) is 0 Å². The highest BCUT2D eigenvalue weighted by Crippen LogP contribution is 2.26. The van der Waals surface area contributed by atoms with Gasteiger partial charge in [-0.3, -0.25) is 0 Å². The van der Waals surface area contributed by atoms with Gasteiger partial charge in [-0.05, 0) is 41.7 Å². The van der Waals surface area contributed by atoms with Gasteiger partial charge >= 0.3 is 0 Å². The maximum absolute atomic E-state index is 10.7. The van der Waals surface area contributed by atoms with Crippen molar-refractivity contribution in [1.29, 1.82) is 0 Å². The zero-order valence-corrected chi connectivity index (χ0v) is 14.7. The molecule has 2 aromatic carbocycles. The predicted molar refractivity (Wildman–Crippen MR) is 97.3 cm³/mol. The van der Waals surface area contributed by atoms with Crippen molar-refractivity contribution >= 4 is 0 Å². The number of hydrogen-bond acceptors (Lipinski definition) is 3. The van der Waals surface area contributed by atoms with Crippen LogP contribution in [0.5, 0.6) is 5.75 Å². The fraction of sp³-hybridized carbons (Fsp3) is 0.429. The summed E-state index contributed by atoms with van der Waals surface area (Å²) in [5.41, 5.74) is 2.80. The van der Waals surface area contributed by atoms with Crippen LogP contribution in [0.2, 0.25) is 0 Å². The number of aliphatic hydroxyl groups is 1. The molecule has 0 saturated carbocycles. The summed E-state index contributed by atoms with van der Waals surface area (Å²) < 4.78 is 11.3. The quantitative estimate of drug-likeness (QED) is 0.632. The summed E-state index contributed by atoms with van der Waals surface area (Å²) in [6, 6.07) is 15.6. The molecule has 0 spiro atoms. The van der Waals surface area contributed by atoms with Crippen LogP contribution in [-0.2, 0) is 11.3 Å². The topological polar surface area (TPSA) is 38.7 Å². The molecule has 3 nitrogen and oxygen atoms in total. The first-order valence-electron chi connectivity index (χ1n) is 8.82. The van der Waals surface area contributed by atoms with E-state index >= 15 is 0 Å². The van der Waals surface area contributed by atoms with Crippen molar-refractivity contribution in [2.45, 2.75) is 45.8 Å². The average Bonchev–Trinajstić information content (AvgIpc) is 2.62. The third-order valence-corrected chi connectivity index (χ3v) is 3.82. The Labute approximate surface area is 145 Å². The molecule has 0 amide bonds. The Morgan fingerprint density at radius 1 is 0.917 bits per heavy atom. The fourth-order valence-electron chi connectivity index (χ4n) is 2.49. The standard InChI is InChI=1S/C21H28O3/c1-3-5-13-24-20-11-7-10-19(15-20)21(22)18-9-6-8-17(14-18)16-23-12-4-2/h6-11,14-15,21-22H,3-5,12-13,16H2,1-2H3. The summed E-state index contributed by atoms with van der Waals surface area (Å²) in [6.45, 7) is 6.27. The summed E-state index contributed by atoms with van der Waals surface area (Å²) >= 11 is 0. The highest BCUT2D eigenvalue weighted by atomic mass is 16.5. The lowest BCUT2D eigenvalue weighted by molar-refractivity contribution is 0.121. The molecule has 1 N–H and O–H groups in total. The van der Waals surface area contributed by atoms with Gasteiger partial charge in [-0.2, -0.15) is 0 Å². The number of rotatable bonds is 10. The van der Waals surface area contributed by atoms with Crippen LogP contribution in [0.25, 0.3) is 0 Å². The van der Waals surface area contributed by atoms with Gasteiger partial charge in [0, 0.05) is 6.61 Å². The molecule has 0 aliphatic rings. The highest BCUT2D eigenvalue weighted by molar-refractivity contribution is 5.36. The Kier molecular flexibility index (Phi) is 7.80. The second-order valence-corrected chi connectivity index (χ2v) is 5.97. The van der Waals surface area contributed by atoms with E-state index < -0.39 is 6.10 Å². The molecule has 130 valence electrons. The minimum atomic E-state index is -0.661. The first-order valence-corrected chi connectivity index (χ1v) is 8.82. The normalized spacial score (nSPS) is 12.1. The molecule has 0 aliphatic carbocycles. The number of aliphatic hydroxyl groups excluding tert-OH is 1. The summed E-state index contributed by atoms with van der Waals surface area (Å²) in [7, 11) is 0. The van der Waals surface area contributed by atoms with E-state index in [1.165, 1.54) is 0 Å². The number of unbranched alkanes of at least 4 members (excludes halogenated alkanes) is 1. The van der Waals surface area contributed by atoms with Crippen molar-refractivity contribution in [3.05, 3.63) is 65.2 Å². The van der Waals surface area contributed by atoms with E-state index in [4.69, 9.17) is 9.47 Å². The van der Waals surface area contributed by atoms with Gasteiger partial charge in [0.1, 0.15) is 11.9 Å². The van der Waals surface area contributed by atoms with E-state index in [1.54, 1.807) is 0 Å². The third kappa shape index (κ3) is 5.66. The van der Waals surface area contributed by atoms with Crippen LogP contribution < -0.4 is 4.74 Å². The maximum atomic E-state index is 10.7. The second kappa shape index (κ2) is 10.1. The monoisotopic (exact) mass is 328 g/mol. The number of benzene rings is 2. The maximum Gasteiger partial charge on any atom is 0.119 e. The molecule has 3 heteroatoms. The Morgan fingerprint density at radius 2 is 1.67 bits per heavy atom. The largest absolute Gasteiger partial charge is 0.494 e. The SMILES string of the molecule is CCCCOc1cccc(C(O)c2cccc(COCCC)c2)c1. The van der Waals surface area contributed by atoms with Crippen LogP contribution in [0.1, 0.15) is 55.9 Å². The van der Waals surface area contributed by atoms with Crippen molar-refractivity contribution in [2.75, 3.05) is 13.2 Å². The Morgan fingerprint density at radius 3 is 2.42 bits per heavy atom. The summed E-state index contributed by atoms with van der Waals surface area (Å²) in [6.07, 6.45) is 2.49. The van der Waals surface area contributed by atoms with Crippen LogP contribution in [0.15, 0.2) is 48.5 Å². The van der Waals surface area contributed by atoms with Gasteiger partial charge in [0.2, 0.25) is 0 Å². The van der Waals surface area contributed by atoms with Crippen LogP contribution in [-0.4, -0.2) is 18.3 Å². The van der Waals surface area contributed by atoms with Crippen LogP contribution >= 0.6 is 0 Å². The van der Waals surface area contributed by atoms with Gasteiger partial charge in [0.25, 0.3) is 0 Å². The summed E-state index contributed by atoms with van der Waals surface area (Å²) in [5, 5.41) is 10.7. The van der Waals surface area contributed by atoms with Crippen LogP contribution in [0.3, 0.4) is 0 Å². The van der Waals surface area contributed by atoms with Crippen LogP contribution in [0.4, 0.5) is 0 Å². The van der Waals surface area contributed by atoms with Gasteiger partial charge < -0.3 is 14.6 Å².